The predicted molar refractivity (Wildman–Crippen MR) is 125 cm³/mol. The lowest BCUT2D eigenvalue weighted by Crippen LogP contribution is -2.41. The molecule has 1 fully saturated rings. The van der Waals surface area contributed by atoms with Crippen LogP contribution in [0.25, 0.3) is 11.0 Å². The van der Waals surface area contributed by atoms with Crippen molar-refractivity contribution in [3.05, 3.63) is 50.8 Å². The molecule has 0 atom stereocenters. The minimum atomic E-state index is -0.468. The number of carbonyl (C=O) groups is 2. The summed E-state index contributed by atoms with van der Waals surface area (Å²) in [5.41, 5.74) is 8.85. The molecule has 3 heterocycles. The van der Waals surface area contributed by atoms with Gasteiger partial charge in [0.25, 0.3) is 5.91 Å². The minimum absolute atomic E-state index is 0.0805. The molecule has 8 nitrogen and oxygen atoms in total. The number of aromatic nitrogens is 2. The number of thiophene rings is 1. The van der Waals surface area contributed by atoms with E-state index in [-0.39, 0.29) is 24.2 Å². The number of nitrogens with two attached hydrogens (primary N) is 1. The van der Waals surface area contributed by atoms with Gasteiger partial charge in [0.1, 0.15) is 5.00 Å². The van der Waals surface area contributed by atoms with Crippen LogP contribution in [-0.4, -0.2) is 45.9 Å². The van der Waals surface area contributed by atoms with Crippen LogP contribution in [0.3, 0.4) is 0 Å². The normalized spacial score (nSPS) is 17.4. The van der Waals surface area contributed by atoms with Gasteiger partial charge in [-0.15, -0.1) is 11.3 Å². The zero-order valence-corrected chi connectivity index (χ0v) is 18.7. The number of rotatable bonds is 5. The van der Waals surface area contributed by atoms with Gasteiger partial charge in [0.2, 0.25) is 5.91 Å². The summed E-state index contributed by atoms with van der Waals surface area (Å²) in [7, 11) is 0. The number of anilines is 1. The standard InChI is InChI=1S/C23H27N5O3S/c24-21(30)20-15-5-1-4-8-18(15)32-22(20)26-19(29)13-27-11-9-14(10-12-27)28-17-7-3-2-6-16(17)25-23(28)31/h2-3,6-7,14H,1,4-5,8-13H2,(H2,24,30)(H,25,31)(H,26,29). The summed E-state index contributed by atoms with van der Waals surface area (Å²) < 4.78 is 1.85. The number of imidazole rings is 1. The van der Waals surface area contributed by atoms with Gasteiger partial charge in [-0.2, -0.15) is 0 Å². The number of hydrogen-bond acceptors (Lipinski definition) is 5. The third-order valence-corrected chi connectivity index (χ3v) is 7.79. The SMILES string of the molecule is NC(=O)c1c(NC(=O)CN2CCC(n3c(=O)[nH]c4ccccc43)CC2)sc2c1CCCC2. The quantitative estimate of drug-likeness (QED) is 0.551. The fourth-order valence-corrected chi connectivity index (χ4v) is 6.37. The summed E-state index contributed by atoms with van der Waals surface area (Å²) in [4.78, 5) is 43.4. The van der Waals surface area contributed by atoms with E-state index in [1.54, 1.807) is 0 Å². The number of carbonyl (C=O) groups excluding carboxylic acids is 2. The highest BCUT2D eigenvalue weighted by Crippen LogP contribution is 2.38. The fraction of sp³-hybridized carbons (Fsp3) is 0.435. The Morgan fingerprint density at radius 2 is 1.91 bits per heavy atom. The summed E-state index contributed by atoms with van der Waals surface area (Å²) >= 11 is 1.49. The Kier molecular flexibility index (Phi) is 5.60. The zero-order valence-electron chi connectivity index (χ0n) is 17.9. The third-order valence-electron chi connectivity index (χ3n) is 6.58. The van der Waals surface area contributed by atoms with Crippen molar-refractivity contribution in [1.29, 1.82) is 0 Å². The van der Waals surface area contributed by atoms with E-state index in [9.17, 15) is 14.4 Å². The van der Waals surface area contributed by atoms with Gasteiger partial charge in [0, 0.05) is 24.0 Å². The molecule has 4 N–H and O–H groups in total. The number of H-pyrrole nitrogens is 1. The molecule has 0 unspecified atom stereocenters. The van der Waals surface area contributed by atoms with Crippen molar-refractivity contribution in [1.82, 2.24) is 14.5 Å². The minimum Gasteiger partial charge on any atom is -0.365 e. The number of piperidine rings is 1. The molecule has 2 aliphatic rings. The van der Waals surface area contributed by atoms with Crippen molar-refractivity contribution in [2.45, 2.75) is 44.6 Å². The predicted octanol–water partition coefficient (Wildman–Crippen LogP) is 2.64. The van der Waals surface area contributed by atoms with E-state index in [1.807, 2.05) is 28.8 Å². The Bertz CT molecular complexity index is 1230. The van der Waals surface area contributed by atoms with E-state index < -0.39 is 5.91 Å². The molecule has 1 saturated heterocycles. The maximum Gasteiger partial charge on any atom is 0.326 e. The van der Waals surface area contributed by atoms with Gasteiger partial charge in [-0.25, -0.2) is 4.79 Å². The monoisotopic (exact) mass is 453 g/mol. The van der Waals surface area contributed by atoms with Crippen LogP contribution < -0.4 is 16.7 Å². The molecule has 0 bridgehead atoms. The summed E-state index contributed by atoms with van der Waals surface area (Å²) in [6, 6.07) is 7.84. The van der Waals surface area contributed by atoms with E-state index >= 15 is 0 Å². The second-order valence-electron chi connectivity index (χ2n) is 8.65. The highest BCUT2D eigenvalue weighted by molar-refractivity contribution is 7.17. The molecular formula is C23H27N5O3S. The summed E-state index contributed by atoms with van der Waals surface area (Å²) in [6.07, 6.45) is 5.54. The number of fused-ring (bicyclic) bond motifs is 2. The first-order valence-corrected chi connectivity index (χ1v) is 12.0. The Morgan fingerprint density at radius 3 is 2.69 bits per heavy atom. The highest BCUT2D eigenvalue weighted by atomic mass is 32.1. The van der Waals surface area contributed by atoms with E-state index in [1.165, 1.54) is 16.2 Å². The van der Waals surface area contributed by atoms with Crippen molar-refractivity contribution in [2.75, 3.05) is 25.0 Å². The maximum absolute atomic E-state index is 12.7. The molecule has 5 rings (SSSR count). The van der Waals surface area contributed by atoms with Crippen molar-refractivity contribution in [3.8, 4) is 0 Å². The largest absolute Gasteiger partial charge is 0.365 e. The number of nitrogens with one attached hydrogen (secondary N) is 2. The van der Waals surface area contributed by atoms with Crippen molar-refractivity contribution >= 4 is 39.2 Å². The van der Waals surface area contributed by atoms with Gasteiger partial charge in [-0.1, -0.05) is 12.1 Å². The van der Waals surface area contributed by atoms with Crippen LogP contribution in [0, 0.1) is 0 Å². The number of aryl methyl sites for hydroxylation is 1. The van der Waals surface area contributed by atoms with Gasteiger partial charge in [-0.05, 0) is 56.2 Å². The lowest BCUT2D eigenvalue weighted by Gasteiger charge is -2.32. The summed E-state index contributed by atoms with van der Waals surface area (Å²) in [6.45, 7) is 1.72. The maximum atomic E-state index is 12.7. The van der Waals surface area contributed by atoms with E-state index in [2.05, 4.69) is 15.2 Å². The highest BCUT2D eigenvalue weighted by Gasteiger charge is 2.27. The molecule has 1 aliphatic carbocycles. The smallest absolute Gasteiger partial charge is 0.326 e. The number of hydrogen-bond donors (Lipinski definition) is 3. The van der Waals surface area contributed by atoms with Crippen LogP contribution in [-0.2, 0) is 17.6 Å². The first kappa shape index (κ1) is 21.0. The average Bonchev–Trinajstić information content (AvgIpc) is 3.30. The number of benzene rings is 1. The molecule has 1 aliphatic heterocycles. The van der Waals surface area contributed by atoms with Gasteiger partial charge in [0.05, 0.1) is 23.1 Å². The van der Waals surface area contributed by atoms with Crippen LogP contribution in [0.5, 0.6) is 0 Å². The molecular weight excluding hydrogens is 426 g/mol. The van der Waals surface area contributed by atoms with Gasteiger partial charge < -0.3 is 16.0 Å². The Balaban J connectivity index is 1.23. The van der Waals surface area contributed by atoms with Crippen molar-refractivity contribution in [2.24, 2.45) is 5.73 Å². The molecule has 168 valence electrons. The molecule has 1 aromatic carbocycles. The fourth-order valence-electron chi connectivity index (χ4n) is 5.06. The average molecular weight is 454 g/mol. The lowest BCUT2D eigenvalue weighted by atomic mass is 9.95. The van der Waals surface area contributed by atoms with Crippen LogP contribution in [0.15, 0.2) is 29.1 Å². The summed E-state index contributed by atoms with van der Waals surface area (Å²) in [5.74, 6) is -0.599. The molecule has 0 radical (unpaired) electrons. The topological polar surface area (TPSA) is 113 Å². The van der Waals surface area contributed by atoms with Gasteiger partial charge >= 0.3 is 5.69 Å². The molecule has 3 aromatic rings. The van der Waals surface area contributed by atoms with Crippen LogP contribution in [0.4, 0.5) is 5.00 Å². The molecule has 2 aromatic heterocycles. The number of nitrogens with zero attached hydrogens (tertiary/aromatic N) is 2. The van der Waals surface area contributed by atoms with E-state index in [0.717, 1.165) is 68.2 Å². The number of aromatic amines is 1. The molecule has 2 amide bonds. The van der Waals surface area contributed by atoms with Gasteiger partial charge in [0.15, 0.2) is 0 Å². The molecule has 0 saturated carbocycles. The number of primary amides is 1. The summed E-state index contributed by atoms with van der Waals surface area (Å²) in [5, 5.41) is 3.54. The van der Waals surface area contributed by atoms with Crippen LogP contribution in [0.2, 0.25) is 0 Å². The van der Waals surface area contributed by atoms with Gasteiger partial charge in [-0.3, -0.25) is 19.1 Å². The Hall–Kier alpha value is -2.91. The van der Waals surface area contributed by atoms with Crippen molar-refractivity contribution in [3.63, 3.8) is 0 Å². The van der Waals surface area contributed by atoms with Crippen LogP contribution >= 0.6 is 11.3 Å². The third kappa shape index (κ3) is 3.86. The number of amides is 2. The number of likely N-dealkylation sites (tertiary alicyclic amines) is 1. The second-order valence-corrected chi connectivity index (χ2v) is 9.76. The number of para-hydroxylation sites is 2. The molecule has 0 spiro atoms. The molecule has 9 heteroatoms. The first-order valence-electron chi connectivity index (χ1n) is 11.2. The first-order chi connectivity index (χ1) is 15.5. The zero-order chi connectivity index (χ0) is 22.2. The second kappa shape index (κ2) is 8.55. The Morgan fingerprint density at radius 1 is 1.16 bits per heavy atom. The van der Waals surface area contributed by atoms with Crippen LogP contribution in [0.1, 0.15) is 52.5 Å². The Labute approximate surface area is 189 Å². The van der Waals surface area contributed by atoms with E-state index in [4.69, 9.17) is 5.73 Å². The lowest BCUT2D eigenvalue weighted by molar-refractivity contribution is -0.117. The molecule has 32 heavy (non-hydrogen) atoms. The van der Waals surface area contributed by atoms with Crippen molar-refractivity contribution < 1.29 is 9.59 Å². The van der Waals surface area contributed by atoms with E-state index in [0.29, 0.717) is 10.6 Å².